The molecule has 0 amide bonds. The Morgan fingerprint density at radius 2 is 2.17 bits per heavy atom. The van der Waals surface area contributed by atoms with Crippen LogP contribution >= 0.6 is 0 Å². The summed E-state index contributed by atoms with van der Waals surface area (Å²) in [5, 5.41) is 9.84. The van der Waals surface area contributed by atoms with Gasteiger partial charge in [-0.05, 0) is 48.9 Å². The van der Waals surface area contributed by atoms with E-state index in [9.17, 15) is 5.11 Å². The molecular weight excluding hydrogens is 292 g/mol. The van der Waals surface area contributed by atoms with Crippen LogP contribution in [-0.2, 0) is 6.42 Å². The maximum atomic E-state index is 9.84. The number of phenols is 1. The first kappa shape index (κ1) is 13.0. The minimum Gasteiger partial charge on any atom is -0.508 e. The second-order valence-electron chi connectivity index (χ2n) is 6.21. The van der Waals surface area contributed by atoms with Crippen molar-refractivity contribution in [2.24, 2.45) is 4.99 Å². The first-order valence-corrected chi connectivity index (χ1v) is 7.74. The van der Waals surface area contributed by atoms with E-state index in [-0.39, 0.29) is 18.7 Å². The molecule has 0 unspecified atom stereocenters. The van der Waals surface area contributed by atoms with Gasteiger partial charge in [0.15, 0.2) is 11.5 Å². The average molecular weight is 308 g/mol. The van der Waals surface area contributed by atoms with Crippen LogP contribution in [-0.4, -0.2) is 36.6 Å². The van der Waals surface area contributed by atoms with Gasteiger partial charge in [0.2, 0.25) is 6.79 Å². The van der Waals surface area contributed by atoms with Gasteiger partial charge in [-0.25, -0.2) is 0 Å². The molecule has 116 valence electrons. The highest BCUT2D eigenvalue weighted by Gasteiger charge is 2.35. The molecule has 1 N–H and O–H groups in total. The van der Waals surface area contributed by atoms with E-state index in [0.29, 0.717) is 0 Å². The number of fused-ring (bicyclic) bond motifs is 4. The molecule has 0 bridgehead atoms. The normalized spacial score (nSPS) is 20.8. The molecular formula is C18H16N2O3. The maximum Gasteiger partial charge on any atom is 0.231 e. The molecule has 3 heterocycles. The Balaban J connectivity index is 1.90. The zero-order chi connectivity index (χ0) is 15.6. The summed E-state index contributed by atoms with van der Waals surface area (Å²) in [6.45, 7) is 1.20. The number of phenolic OH excluding ortho intramolecular Hbond substituents is 1. The highest BCUT2D eigenvalue weighted by molar-refractivity contribution is 5.96. The second kappa shape index (κ2) is 4.49. The highest BCUT2D eigenvalue weighted by Crippen LogP contribution is 2.51. The third-order valence-corrected chi connectivity index (χ3v) is 4.86. The van der Waals surface area contributed by atoms with Gasteiger partial charge in [-0.15, -0.1) is 0 Å². The molecule has 0 aromatic heterocycles. The Morgan fingerprint density at radius 3 is 3.09 bits per heavy atom. The number of aromatic hydroxyl groups is 1. The van der Waals surface area contributed by atoms with Crippen LogP contribution in [0.15, 0.2) is 29.3 Å². The van der Waals surface area contributed by atoms with Gasteiger partial charge in [0.1, 0.15) is 11.9 Å². The third kappa shape index (κ3) is 1.74. The number of rotatable bonds is 0. The molecule has 2 aromatic carbocycles. The molecule has 3 aliphatic rings. The molecule has 2 aromatic rings. The molecule has 0 aliphatic carbocycles. The van der Waals surface area contributed by atoms with Gasteiger partial charge in [0.05, 0.1) is 0 Å². The molecule has 0 radical (unpaired) electrons. The molecule has 0 fully saturated rings. The molecule has 5 nitrogen and oxygen atoms in total. The smallest absolute Gasteiger partial charge is 0.231 e. The van der Waals surface area contributed by atoms with Crippen LogP contribution in [0.4, 0.5) is 0 Å². The van der Waals surface area contributed by atoms with Crippen molar-refractivity contribution >= 4 is 6.21 Å². The third-order valence-electron chi connectivity index (χ3n) is 4.86. The van der Waals surface area contributed by atoms with Crippen LogP contribution in [0.5, 0.6) is 17.2 Å². The van der Waals surface area contributed by atoms with Gasteiger partial charge in [-0.1, -0.05) is 0 Å². The lowest BCUT2D eigenvalue weighted by Gasteiger charge is -2.33. The second-order valence-corrected chi connectivity index (χ2v) is 6.21. The molecule has 3 aliphatic heterocycles. The van der Waals surface area contributed by atoms with Crippen molar-refractivity contribution in [2.75, 3.05) is 20.4 Å². The van der Waals surface area contributed by atoms with Crippen molar-refractivity contribution in [3.05, 3.63) is 41.0 Å². The van der Waals surface area contributed by atoms with Crippen LogP contribution in [0.2, 0.25) is 0 Å². The summed E-state index contributed by atoms with van der Waals surface area (Å²) in [6.07, 6.45) is 2.79. The fourth-order valence-electron chi connectivity index (χ4n) is 3.74. The zero-order valence-electron chi connectivity index (χ0n) is 12.7. The van der Waals surface area contributed by atoms with Crippen LogP contribution in [0.25, 0.3) is 11.1 Å². The fraction of sp³-hybridized carbons (Fsp3) is 0.278. The van der Waals surface area contributed by atoms with E-state index in [1.807, 2.05) is 12.3 Å². The Hall–Kier alpha value is -2.53. The van der Waals surface area contributed by atoms with Gasteiger partial charge in [0.25, 0.3) is 0 Å². The fourth-order valence-corrected chi connectivity index (χ4v) is 3.74. The van der Waals surface area contributed by atoms with Gasteiger partial charge in [-0.2, -0.15) is 0 Å². The molecule has 0 saturated heterocycles. The number of aliphatic imine (C=N–C) groups is 1. The monoisotopic (exact) mass is 308 g/mol. The molecule has 5 heteroatoms. The minimum absolute atomic E-state index is 0.0298. The topological polar surface area (TPSA) is 54.3 Å². The Labute approximate surface area is 133 Å². The number of hydrogen-bond acceptors (Lipinski definition) is 5. The lowest BCUT2D eigenvalue weighted by molar-refractivity contribution is 0.174. The van der Waals surface area contributed by atoms with Crippen molar-refractivity contribution in [1.29, 1.82) is 0 Å². The van der Waals surface area contributed by atoms with Gasteiger partial charge < -0.3 is 14.6 Å². The number of ether oxygens (including phenoxy) is 2. The van der Waals surface area contributed by atoms with Crippen molar-refractivity contribution in [3.63, 3.8) is 0 Å². The summed E-state index contributed by atoms with van der Waals surface area (Å²) >= 11 is 0. The summed E-state index contributed by atoms with van der Waals surface area (Å²) in [4.78, 5) is 7.02. The molecule has 5 rings (SSSR count). The summed E-state index contributed by atoms with van der Waals surface area (Å²) in [7, 11) is 2.09. The standard InChI is InChI=1S/C18H16N2O3/c1-20-5-4-10-7-14-17(23-9-22-14)16-13-3-2-12(21)6-11(13)8-19-18(20)15(10)16/h2-3,6-8,18,21H,4-5,9H2,1H3/t18-/m1/s1. The van der Waals surface area contributed by atoms with Crippen LogP contribution < -0.4 is 9.47 Å². The number of nitrogens with zero attached hydrogens (tertiary/aromatic N) is 2. The zero-order valence-corrected chi connectivity index (χ0v) is 12.7. The minimum atomic E-state index is -0.0298. The average Bonchev–Trinajstić information content (AvgIpc) is 2.94. The molecule has 23 heavy (non-hydrogen) atoms. The highest BCUT2D eigenvalue weighted by atomic mass is 16.7. The van der Waals surface area contributed by atoms with Crippen LogP contribution in [0.3, 0.4) is 0 Å². The summed E-state index contributed by atoms with van der Waals surface area (Å²) in [5.74, 6) is 1.84. The quantitative estimate of drug-likeness (QED) is 0.813. The summed E-state index contributed by atoms with van der Waals surface area (Å²) < 4.78 is 11.4. The van der Waals surface area contributed by atoms with Crippen LogP contribution in [0, 0.1) is 0 Å². The first-order valence-electron chi connectivity index (χ1n) is 7.74. The van der Waals surface area contributed by atoms with E-state index in [1.54, 1.807) is 12.1 Å². The maximum absolute atomic E-state index is 9.84. The van der Waals surface area contributed by atoms with Crippen molar-refractivity contribution in [2.45, 2.75) is 12.6 Å². The predicted octanol–water partition coefficient (Wildman–Crippen LogP) is 2.71. The Morgan fingerprint density at radius 1 is 1.26 bits per heavy atom. The van der Waals surface area contributed by atoms with E-state index < -0.39 is 0 Å². The lowest BCUT2D eigenvalue weighted by Crippen LogP contribution is -2.31. The van der Waals surface area contributed by atoms with E-state index in [2.05, 4.69) is 18.0 Å². The van der Waals surface area contributed by atoms with E-state index >= 15 is 0 Å². The summed E-state index contributed by atoms with van der Waals surface area (Å²) in [6, 6.07) is 7.49. The van der Waals surface area contributed by atoms with Crippen molar-refractivity contribution in [1.82, 2.24) is 4.90 Å². The van der Waals surface area contributed by atoms with Gasteiger partial charge in [-0.3, -0.25) is 9.89 Å². The van der Waals surface area contributed by atoms with E-state index in [4.69, 9.17) is 14.5 Å². The first-order chi connectivity index (χ1) is 11.2. The van der Waals surface area contributed by atoms with E-state index in [1.165, 1.54) is 11.1 Å². The Kier molecular flexibility index (Phi) is 2.53. The number of benzene rings is 2. The molecule has 0 spiro atoms. The van der Waals surface area contributed by atoms with Crippen molar-refractivity contribution < 1.29 is 14.6 Å². The summed E-state index contributed by atoms with van der Waals surface area (Å²) in [5.41, 5.74) is 5.45. The van der Waals surface area contributed by atoms with Gasteiger partial charge in [0, 0.05) is 29.4 Å². The van der Waals surface area contributed by atoms with Crippen molar-refractivity contribution in [3.8, 4) is 28.4 Å². The molecule has 0 saturated carbocycles. The largest absolute Gasteiger partial charge is 0.508 e. The van der Waals surface area contributed by atoms with Crippen LogP contribution in [0.1, 0.15) is 22.9 Å². The number of likely N-dealkylation sites (N-methyl/N-ethyl adjacent to an activating group) is 1. The number of hydrogen-bond donors (Lipinski definition) is 1. The van der Waals surface area contributed by atoms with E-state index in [0.717, 1.165) is 41.2 Å². The SMILES string of the molecule is CN1CCc2cc3c(c4c2[C@@H]1N=Cc1cc(O)ccc1-4)OCO3. The molecule has 1 atom stereocenters. The lowest BCUT2D eigenvalue weighted by atomic mass is 9.87. The predicted molar refractivity (Wildman–Crippen MR) is 86.3 cm³/mol. The Bertz CT molecular complexity index is 860. The van der Waals surface area contributed by atoms with Gasteiger partial charge >= 0.3 is 0 Å².